The molecule has 0 aliphatic carbocycles. The predicted molar refractivity (Wildman–Crippen MR) is 69.3 cm³/mol. The summed E-state index contributed by atoms with van der Waals surface area (Å²) in [6.45, 7) is 0.398. The quantitative estimate of drug-likeness (QED) is 0.791. The molecule has 0 atom stereocenters. The fraction of sp³-hybridized carbons (Fsp3) is 0.333. The van der Waals surface area contributed by atoms with Crippen LogP contribution in [0.4, 0.5) is 0 Å². The first kappa shape index (κ1) is 13.6. The van der Waals surface area contributed by atoms with E-state index >= 15 is 0 Å². The van der Waals surface area contributed by atoms with Crippen molar-refractivity contribution in [3.63, 3.8) is 0 Å². The van der Waals surface area contributed by atoms with Crippen LogP contribution >= 0.6 is 12.6 Å². The minimum absolute atomic E-state index is 0.0763. The molecular formula is C12H16N2O2S. The van der Waals surface area contributed by atoms with Gasteiger partial charge >= 0.3 is 0 Å². The number of carbonyl (C=O) groups is 2. The van der Waals surface area contributed by atoms with Gasteiger partial charge < -0.3 is 10.2 Å². The van der Waals surface area contributed by atoms with Crippen LogP contribution in [-0.4, -0.2) is 37.4 Å². The minimum atomic E-state index is -0.107. The molecule has 0 fully saturated rings. The Labute approximate surface area is 106 Å². The van der Waals surface area contributed by atoms with Gasteiger partial charge in [-0.15, -0.1) is 12.6 Å². The zero-order valence-corrected chi connectivity index (χ0v) is 10.8. The second-order valence-electron chi connectivity index (χ2n) is 3.70. The Morgan fingerprint density at radius 1 is 1.41 bits per heavy atom. The van der Waals surface area contributed by atoms with Gasteiger partial charge in [0.2, 0.25) is 5.91 Å². The van der Waals surface area contributed by atoms with Crippen molar-refractivity contribution in [1.29, 1.82) is 0 Å². The molecule has 0 heterocycles. The monoisotopic (exact) mass is 252 g/mol. The second kappa shape index (κ2) is 6.30. The molecule has 1 N–H and O–H groups in total. The predicted octanol–water partition coefficient (Wildman–Crippen LogP) is 1.18. The molecular weight excluding hydrogens is 236 g/mol. The zero-order valence-electron chi connectivity index (χ0n) is 9.93. The first-order valence-electron chi connectivity index (χ1n) is 5.29. The Morgan fingerprint density at radius 2 is 2.12 bits per heavy atom. The van der Waals surface area contributed by atoms with Crippen molar-refractivity contribution in [2.45, 2.75) is 11.3 Å². The van der Waals surface area contributed by atoms with E-state index in [4.69, 9.17) is 0 Å². The van der Waals surface area contributed by atoms with Gasteiger partial charge in [0.15, 0.2) is 0 Å². The number of carbonyl (C=O) groups excluding carboxylic acids is 2. The van der Waals surface area contributed by atoms with E-state index in [0.717, 1.165) is 4.90 Å². The first-order chi connectivity index (χ1) is 8.04. The molecule has 1 aromatic rings. The van der Waals surface area contributed by atoms with Crippen molar-refractivity contribution in [1.82, 2.24) is 10.2 Å². The lowest BCUT2D eigenvalue weighted by atomic mass is 10.2. The van der Waals surface area contributed by atoms with Crippen molar-refractivity contribution >= 4 is 24.4 Å². The molecule has 0 aliphatic rings. The van der Waals surface area contributed by atoms with Crippen LogP contribution in [0.25, 0.3) is 0 Å². The van der Waals surface area contributed by atoms with Crippen LogP contribution in [0.2, 0.25) is 0 Å². The normalized spacial score (nSPS) is 9.82. The third-order valence-electron chi connectivity index (χ3n) is 2.39. The summed E-state index contributed by atoms with van der Waals surface area (Å²) in [4.78, 5) is 25.3. The molecule has 1 aromatic carbocycles. The summed E-state index contributed by atoms with van der Waals surface area (Å²) in [6, 6.07) is 7.03. The summed E-state index contributed by atoms with van der Waals surface area (Å²) < 4.78 is 0. The van der Waals surface area contributed by atoms with Crippen LogP contribution in [0.3, 0.4) is 0 Å². The Morgan fingerprint density at radius 3 is 2.71 bits per heavy atom. The highest BCUT2D eigenvalue weighted by Gasteiger charge is 2.12. The van der Waals surface area contributed by atoms with Crippen molar-refractivity contribution in [3.8, 4) is 0 Å². The molecule has 0 spiro atoms. The first-order valence-corrected chi connectivity index (χ1v) is 5.74. The Hall–Kier alpha value is -1.49. The van der Waals surface area contributed by atoms with Crippen molar-refractivity contribution in [2.75, 3.05) is 20.6 Å². The van der Waals surface area contributed by atoms with Crippen LogP contribution in [0, 0.1) is 0 Å². The Balaban J connectivity index is 2.61. The minimum Gasteiger partial charge on any atom is -0.359 e. The molecule has 0 radical (unpaired) electrons. The maximum absolute atomic E-state index is 12.0. The molecule has 0 aliphatic heterocycles. The molecule has 0 unspecified atom stereocenters. The number of rotatable bonds is 4. The Bertz CT molecular complexity index is 421. The lowest BCUT2D eigenvalue weighted by Crippen LogP contribution is -2.31. The van der Waals surface area contributed by atoms with Crippen LogP contribution in [-0.2, 0) is 4.79 Å². The van der Waals surface area contributed by atoms with Gasteiger partial charge in [0.05, 0.1) is 0 Å². The standard InChI is InChI=1S/C12H16N2O2S/c1-13-11(15)6-7-14(2)12(16)9-4-3-5-10(17)8-9/h3-5,8,17H,6-7H2,1-2H3,(H,13,15). The average molecular weight is 252 g/mol. The molecule has 0 bridgehead atoms. The number of thiol groups is 1. The Kier molecular flexibility index (Phi) is 5.03. The summed E-state index contributed by atoms with van der Waals surface area (Å²) >= 11 is 4.18. The van der Waals surface area contributed by atoms with E-state index in [-0.39, 0.29) is 11.8 Å². The van der Waals surface area contributed by atoms with Crippen LogP contribution in [0.5, 0.6) is 0 Å². The van der Waals surface area contributed by atoms with Gasteiger partial charge in [-0.2, -0.15) is 0 Å². The van der Waals surface area contributed by atoms with Gasteiger partial charge in [-0.3, -0.25) is 9.59 Å². The SMILES string of the molecule is CNC(=O)CCN(C)C(=O)c1cccc(S)c1. The van der Waals surface area contributed by atoms with E-state index in [2.05, 4.69) is 17.9 Å². The van der Waals surface area contributed by atoms with Gasteiger partial charge in [-0.25, -0.2) is 0 Å². The summed E-state index contributed by atoms with van der Waals surface area (Å²) in [5, 5.41) is 2.52. The summed E-state index contributed by atoms with van der Waals surface area (Å²) in [5.41, 5.74) is 0.580. The van der Waals surface area contributed by atoms with E-state index in [1.165, 1.54) is 4.90 Å². The lowest BCUT2D eigenvalue weighted by molar-refractivity contribution is -0.120. The molecule has 0 saturated heterocycles. The van der Waals surface area contributed by atoms with Crippen LogP contribution < -0.4 is 5.32 Å². The van der Waals surface area contributed by atoms with Gasteiger partial charge in [0.25, 0.3) is 5.91 Å². The zero-order chi connectivity index (χ0) is 12.8. The smallest absolute Gasteiger partial charge is 0.253 e. The maximum atomic E-state index is 12.0. The summed E-state index contributed by atoms with van der Waals surface area (Å²) in [5.74, 6) is -0.183. The number of benzene rings is 1. The van der Waals surface area contributed by atoms with Crippen LogP contribution in [0.1, 0.15) is 16.8 Å². The second-order valence-corrected chi connectivity index (χ2v) is 4.22. The van der Waals surface area contributed by atoms with E-state index < -0.39 is 0 Å². The van der Waals surface area contributed by atoms with Gasteiger partial charge in [-0.05, 0) is 18.2 Å². The third-order valence-corrected chi connectivity index (χ3v) is 2.67. The number of nitrogens with one attached hydrogen (secondary N) is 1. The van der Waals surface area contributed by atoms with Gasteiger partial charge in [-0.1, -0.05) is 6.07 Å². The van der Waals surface area contributed by atoms with Gasteiger partial charge in [0, 0.05) is 37.5 Å². The molecule has 0 aromatic heterocycles. The van der Waals surface area contributed by atoms with Crippen molar-refractivity contribution in [3.05, 3.63) is 29.8 Å². The molecule has 4 nitrogen and oxygen atoms in total. The highest BCUT2D eigenvalue weighted by atomic mass is 32.1. The van der Waals surface area contributed by atoms with Crippen LogP contribution in [0.15, 0.2) is 29.2 Å². The highest BCUT2D eigenvalue weighted by molar-refractivity contribution is 7.80. The van der Waals surface area contributed by atoms with E-state index in [1.807, 2.05) is 6.07 Å². The maximum Gasteiger partial charge on any atom is 0.253 e. The fourth-order valence-corrected chi connectivity index (χ4v) is 1.58. The molecule has 92 valence electrons. The highest BCUT2D eigenvalue weighted by Crippen LogP contribution is 2.10. The fourth-order valence-electron chi connectivity index (χ4n) is 1.36. The molecule has 2 amide bonds. The average Bonchev–Trinajstić information content (AvgIpc) is 2.34. The number of amides is 2. The molecule has 0 saturated carbocycles. The number of hydrogen-bond acceptors (Lipinski definition) is 3. The summed E-state index contributed by atoms with van der Waals surface area (Å²) in [7, 11) is 3.25. The molecule has 1 rings (SSSR count). The molecule has 5 heteroatoms. The summed E-state index contributed by atoms with van der Waals surface area (Å²) in [6.07, 6.45) is 0.305. The van der Waals surface area contributed by atoms with Gasteiger partial charge in [0.1, 0.15) is 0 Å². The van der Waals surface area contributed by atoms with E-state index in [9.17, 15) is 9.59 Å². The lowest BCUT2D eigenvalue weighted by Gasteiger charge is -2.16. The number of nitrogens with zero attached hydrogens (tertiary/aromatic N) is 1. The number of hydrogen-bond donors (Lipinski definition) is 2. The van der Waals surface area contributed by atoms with Crippen molar-refractivity contribution in [2.24, 2.45) is 0 Å². The van der Waals surface area contributed by atoms with E-state index in [0.29, 0.717) is 18.5 Å². The molecule has 17 heavy (non-hydrogen) atoms. The van der Waals surface area contributed by atoms with E-state index in [1.54, 1.807) is 32.3 Å². The largest absolute Gasteiger partial charge is 0.359 e. The third kappa shape index (κ3) is 4.11. The van der Waals surface area contributed by atoms with Crippen molar-refractivity contribution < 1.29 is 9.59 Å². The topological polar surface area (TPSA) is 49.4 Å².